The van der Waals surface area contributed by atoms with E-state index in [-0.39, 0.29) is 31.6 Å². The zero-order valence-electron chi connectivity index (χ0n) is 58.7. The average molecular weight is 938 g/mol. The molecule has 324 valence electrons. The highest BCUT2D eigenvalue weighted by Crippen LogP contribution is 2.41. The molecule has 69 heavy (non-hydrogen) atoms. The monoisotopic (exact) mass is 937 g/mol. The fraction of sp³-hybridized carbons (Fsp3) is 0. The molecule has 3 aromatic heterocycles. The second-order valence-electron chi connectivity index (χ2n) is 15.8. The highest BCUT2D eigenvalue weighted by molar-refractivity contribution is 7.26. The summed E-state index contributed by atoms with van der Waals surface area (Å²) in [5, 5.41) is 2.43. The molecule has 0 spiro atoms. The van der Waals surface area contributed by atoms with Crippen LogP contribution in [0.4, 0.5) is 0 Å². The lowest BCUT2D eigenvalue weighted by molar-refractivity contribution is 1.06. The second kappa shape index (κ2) is 17.0. The van der Waals surface area contributed by atoms with Crippen LogP contribution in [0.15, 0.2) is 254 Å². The van der Waals surface area contributed by atoms with E-state index in [4.69, 9.17) is 32.8 Å². The molecule has 0 atom stereocenters. The summed E-state index contributed by atoms with van der Waals surface area (Å²) in [6.07, 6.45) is 0. The van der Waals surface area contributed by atoms with Crippen LogP contribution in [0.2, 0.25) is 0 Å². The fourth-order valence-electron chi connectivity index (χ4n) is 9.06. The van der Waals surface area contributed by atoms with Crippen molar-refractivity contribution in [2.45, 2.75) is 0 Å². The third kappa shape index (κ3) is 6.83. The Kier molecular flexibility index (Phi) is 5.76. The molecular weight excluding hydrogens is 873 g/mol. The van der Waals surface area contributed by atoms with Gasteiger partial charge in [-0.05, 0) is 68.1 Å². The molecule has 10 aromatic carbocycles. The summed E-state index contributed by atoms with van der Waals surface area (Å²) < 4.78 is 212. The van der Waals surface area contributed by atoms with Gasteiger partial charge in [-0.2, -0.15) is 0 Å². The summed E-state index contributed by atoms with van der Waals surface area (Å²) >= 11 is 0.739. The molecule has 0 aliphatic carbocycles. The highest BCUT2D eigenvalue weighted by atomic mass is 32.1. The van der Waals surface area contributed by atoms with Gasteiger partial charge < -0.3 is 4.57 Å². The Morgan fingerprint density at radius 3 is 1.52 bits per heavy atom. The summed E-state index contributed by atoms with van der Waals surface area (Å²) in [6.45, 7) is 0. The van der Waals surface area contributed by atoms with Crippen molar-refractivity contribution in [3.63, 3.8) is 0 Å². The van der Waals surface area contributed by atoms with Crippen LogP contribution in [0.1, 0.15) is 31.5 Å². The fourth-order valence-corrected chi connectivity index (χ4v) is 14.8. The third-order valence-corrected chi connectivity index (χ3v) is 17.8. The molecule has 0 unspecified atom stereocenters. The lowest BCUT2D eigenvalue weighted by Gasteiger charge is -2.34. The van der Waals surface area contributed by atoms with Gasteiger partial charge in [-0.1, -0.05) is 218 Å². The number of rotatable bonds is 9. The summed E-state index contributed by atoms with van der Waals surface area (Å²) in [7, 11) is -3.40. The molecule has 0 bridgehead atoms. The van der Waals surface area contributed by atoms with Crippen molar-refractivity contribution in [2.24, 2.45) is 0 Å². The minimum Gasteiger partial charge on any atom is -0.309 e. The molecule has 13 rings (SSSR count). The Morgan fingerprint density at radius 2 is 0.870 bits per heavy atom. The Hall–Kier alpha value is -8.55. The van der Waals surface area contributed by atoms with E-state index in [0.717, 1.165) is 36.7 Å². The average Bonchev–Trinajstić information content (AvgIpc) is 1.47. The van der Waals surface area contributed by atoms with Gasteiger partial charge in [0, 0.05) is 47.6 Å². The molecule has 13 aromatic rings. The molecule has 0 saturated heterocycles. The van der Waals surface area contributed by atoms with Crippen molar-refractivity contribution >= 4 is 82.1 Å². The van der Waals surface area contributed by atoms with Crippen molar-refractivity contribution in [3.05, 3.63) is 254 Å². The van der Waals surface area contributed by atoms with Gasteiger partial charge in [0.1, 0.15) is 0 Å². The zero-order valence-corrected chi connectivity index (χ0v) is 37.5. The molecular formula is C63H42N4SSi. The molecule has 0 amide bonds. The van der Waals surface area contributed by atoms with Gasteiger partial charge in [0.25, 0.3) is 0 Å². The Labute approximate surface area is 437 Å². The van der Waals surface area contributed by atoms with E-state index < -0.39 is 208 Å². The molecule has 4 nitrogen and oxygen atoms in total. The molecule has 6 heteroatoms. The van der Waals surface area contributed by atoms with E-state index >= 15 is 0 Å². The first-order valence-corrected chi connectivity index (χ1v) is 24.3. The molecule has 0 N–H and O–H groups in total. The maximum Gasteiger partial charge on any atom is 0.179 e. The molecule has 0 fully saturated rings. The van der Waals surface area contributed by atoms with Crippen LogP contribution in [0, 0.1) is 0 Å². The minimum absolute atomic E-state index is 0.0528. The van der Waals surface area contributed by atoms with E-state index in [1.165, 1.54) is 0 Å². The number of nitrogens with zero attached hydrogens (tertiary/aromatic N) is 4. The lowest BCUT2D eigenvalue weighted by atomic mass is 9.98. The van der Waals surface area contributed by atoms with Crippen LogP contribution in [0.5, 0.6) is 0 Å². The summed E-state index contributed by atoms with van der Waals surface area (Å²) in [5.74, 6) is -1.59. The quantitative estimate of drug-likeness (QED) is 0.107. The highest BCUT2D eigenvalue weighted by Gasteiger charge is 2.41. The summed E-state index contributed by atoms with van der Waals surface area (Å²) in [5.41, 5.74) is -3.80. The first-order valence-electron chi connectivity index (χ1n) is 33.0. The third-order valence-electron chi connectivity index (χ3n) is 12.0. The normalized spacial score (nSPS) is 16.4. The van der Waals surface area contributed by atoms with Crippen LogP contribution in [-0.2, 0) is 0 Å². The molecule has 3 heterocycles. The van der Waals surface area contributed by atoms with Crippen molar-refractivity contribution < 1.29 is 31.5 Å². The van der Waals surface area contributed by atoms with Crippen LogP contribution in [0.3, 0.4) is 0 Å². The molecule has 0 saturated carbocycles. The SMILES string of the molecule is [2H]c1c([2H])c([2H])c(-n2c3c([2H])c([2H])c([2H])c([2H])c3c3c([2H])c([2H])c([2H])c([2H])c32)c(-c2nc(-c3cccc([Si](c4ccccc4)(c4ccccc4)c4ccccc4)c3)nc(-c3c([2H])c([2H])c(-c4c([2H])c([2H])c([2H])c5sc6c([2H])c([2H])c([2H])c([2H])c6c45)c([2H])c3[2H])n2)c1[2H]. The van der Waals surface area contributed by atoms with Crippen molar-refractivity contribution in [1.82, 2.24) is 19.5 Å². The van der Waals surface area contributed by atoms with E-state index in [0.29, 0.717) is 0 Å². The van der Waals surface area contributed by atoms with E-state index in [9.17, 15) is 13.7 Å². The summed E-state index contributed by atoms with van der Waals surface area (Å²) in [6, 6.07) is 19.0. The van der Waals surface area contributed by atoms with Gasteiger partial charge in [-0.25, -0.2) is 15.0 Å². The largest absolute Gasteiger partial charge is 0.309 e. The zero-order chi connectivity index (χ0) is 65.7. The number of hydrogen-bond acceptors (Lipinski definition) is 4. The van der Waals surface area contributed by atoms with Crippen molar-refractivity contribution in [3.8, 4) is 51.0 Å². The van der Waals surface area contributed by atoms with Gasteiger partial charge in [0.2, 0.25) is 0 Å². The number of fused-ring (bicyclic) bond motifs is 6. The predicted octanol–water partition coefficient (Wildman–Crippen LogP) is 13.4. The minimum atomic E-state index is -3.40. The first-order chi connectivity index (χ1) is 43.8. The van der Waals surface area contributed by atoms with Gasteiger partial charge in [0.15, 0.2) is 25.5 Å². The predicted molar refractivity (Wildman–Crippen MR) is 292 cm³/mol. The number of thiophene rings is 1. The van der Waals surface area contributed by atoms with Crippen LogP contribution < -0.4 is 20.7 Å². The lowest BCUT2D eigenvalue weighted by Crippen LogP contribution is -2.74. The standard InChI is InChI=1S/C63H42N4SSi/c1-4-21-46(22-5-1)69(47-23-6-2-7-24-47,48-25-8-3-9-26-48)49-27-18-20-45(42-49)62-64-61(44-40-38-43(39-41-44)50-32-19-37-59-60(50)54-31-13-17-36-58(54)68-59)65-63(66-62)53-30-12-16-35-57(53)67-55-33-14-10-28-51(55)52-29-11-15-34-56(52)67/h1-42H/i10D,11D,12D,13D,14D,15D,16D,17D,19D,28D,29D,30D,31D,32D,33D,34D,35D,36D,37D,38D,39D,40D,41D. The topological polar surface area (TPSA) is 43.6 Å². The number of para-hydroxylation sites is 3. The number of benzene rings is 10. The molecule has 0 radical (unpaired) electrons. The smallest absolute Gasteiger partial charge is 0.179 e. The van der Waals surface area contributed by atoms with Gasteiger partial charge in [-0.3, -0.25) is 0 Å². The molecule has 0 aliphatic rings. The van der Waals surface area contributed by atoms with Gasteiger partial charge >= 0.3 is 0 Å². The van der Waals surface area contributed by atoms with Crippen LogP contribution in [-0.4, -0.2) is 27.6 Å². The van der Waals surface area contributed by atoms with E-state index in [1.807, 2.05) is 103 Å². The number of hydrogen-bond donors (Lipinski definition) is 0. The van der Waals surface area contributed by atoms with Crippen molar-refractivity contribution in [1.29, 1.82) is 0 Å². The van der Waals surface area contributed by atoms with Crippen LogP contribution >= 0.6 is 11.3 Å². The maximum atomic E-state index is 9.87. The second-order valence-corrected chi connectivity index (χ2v) is 20.6. The first kappa shape index (κ1) is 23.4. The number of aromatic nitrogens is 4. The Balaban J connectivity index is 1.18. The Bertz CT molecular complexity index is 5200. The van der Waals surface area contributed by atoms with Crippen molar-refractivity contribution in [2.75, 3.05) is 0 Å². The summed E-state index contributed by atoms with van der Waals surface area (Å²) in [4.78, 5) is 14.6. The van der Waals surface area contributed by atoms with E-state index in [2.05, 4.69) is 0 Å². The Morgan fingerprint density at radius 1 is 0.377 bits per heavy atom. The van der Waals surface area contributed by atoms with Gasteiger partial charge in [-0.15, -0.1) is 11.3 Å². The maximum absolute atomic E-state index is 9.87. The molecule has 0 aliphatic heterocycles. The van der Waals surface area contributed by atoms with Gasteiger partial charge in [0.05, 0.1) is 48.2 Å². The van der Waals surface area contributed by atoms with E-state index in [1.54, 1.807) is 12.1 Å². The van der Waals surface area contributed by atoms with Crippen LogP contribution in [0.25, 0.3) is 93.0 Å².